The lowest BCUT2D eigenvalue weighted by Crippen LogP contribution is -2.01. The van der Waals surface area contributed by atoms with Crippen molar-refractivity contribution < 1.29 is 19.0 Å². The Balaban J connectivity index is 2.10. The molecule has 0 amide bonds. The van der Waals surface area contributed by atoms with Crippen LogP contribution in [0, 0.1) is 11.6 Å². The number of halogens is 2. The van der Waals surface area contributed by atoms with Crippen molar-refractivity contribution in [1.29, 1.82) is 0 Å². The molecule has 2 aromatic rings. The van der Waals surface area contributed by atoms with Crippen molar-refractivity contribution in [3.8, 4) is 5.75 Å². The standard InChI is InChI=1S/C14H13F2NO2/c15-12-5-10(6-13(16)14(12)19)7-17-11-3-1-2-9(4-11)8-18/h1-6,17-19H,7-8H2. The number of hydrogen-bond donors (Lipinski definition) is 3. The fourth-order valence-electron chi connectivity index (χ4n) is 1.70. The van der Waals surface area contributed by atoms with Crippen molar-refractivity contribution in [1.82, 2.24) is 0 Å². The molecule has 3 N–H and O–H groups in total. The van der Waals surface area contributed by atoms with Gasteiger partial charge in [-0.1, -0.05) is 12.1 Å². The van der Waals surface area contributed by atoms with E-state index in [4.69, 9.17) is 10.2 Å². The van der Waals surface area contributed by atoms with Gasteiger partial charge >= 0.3 is 0 Å². The van der Waals surface area contributed by atoms with Crippen LogP contribution in [0.4, 0.5) is 14.5 Å². The number of rotatable bonds is 4. The van der Waals surface area contributed by atoms with Gasteiger partial charge in [0.05, 0.1) is 6.61 Å². The summed E-state index contributed by atoms with van der Waals surface area (Å²) in [4.78, 5) is 0. The zero-order valence-electron chi connectivity index (χ0n) is 10.0. The van der Waals surface area contributed by atoms with Crippen molar-refractivity contribution in [2.75, 3.05) is 5.32 Å². The third kappa shape index (κ3) is 3.20. The van der Waals surface area contributed by atoms with Crippen LogP contribution in [0.3, 0.4) is 0 Å². The van der Waals surface area contributed by atoms with E-state index in [1.54, 1.807) is 24.3 Å². The fourth-order valence-corrected chi connectivity index (χ4v) is 1.70. The summed E-state index contributed by atoms with van der Waals surface area (Å²) in [5.41, 5.74) is 1.86. The number of nitrogens with one attached hydrogen (secondary N) is 1. The molecule has 0 aliphatic heterocycles. The van der Waals surface area contributed by atoms with Gasteiger partial charge in [0.25, 0.3) is 0 Å². The Morgan fingerprint density at radius 2 is 1.68 bits per heavy atom. The number of hydrogen-bond acceptors (Lipinski definition) is 3. The van der Waals surface area contributed by atoms with E-state index in [1.807, 2.05) is 0 Å². The number of aliphatic hydroxyl groups is 1. The molecule has 0 heterocycles. The van der Waals surface area contributed by atoms with E-state index in [9.17, 15) is 8.78 Å². The molecule has 19 heavy (non-hydrogen) atoms. The summed E-state index contributed by atoms with van der Waals surface area (Å²) in [5.74, 6) is -2.94. The Morgan fingerprint density at radius 1 is 1.00 bits per heavy atom. The molecule has 0 spiro atoms. The summed E-state index contributed by atoms with van der Waals surface area (Å²) >= 11 is 0. The van der Waals surface area contributed by atoms with E-state index in [2.05, 4.69) is 5.32 Å². The highest BCUT2D eigenvalue weighted by molar-refractivity contribution is 5.46. The second kappa shape index (κ2) is 5.67. The molecule has 0 bridgehead atoms. The number of phenols is 1. The Morgan fingerprint density at radius 3 is 2.32 bits per heavy atom. The molecular weight excluding hydrogens is 252 g/mol. The maximum atomic E-state index is 13.1. The third-order valence-corrected chi connectivity index (χ3v) is 2.68. The Kier molecular flexibility index (Phi) is 3.97. The smallest absolute Gasteiger partial charge is 0.187 e. The Bertz CT molecular complexity index is 564. The fraction of sp³-hybridized carbons (Fsp3) is 0.143. The first-order valence-electron chi connectivity index (χ1n) is 5.70. The molecule has 0 fully saturated rings. The van der Waals surface area contributed by atoms with Gasteiger partial charge < -0.3 is 15.5 Å². The topological polar surface area (TPSA) is 52.5 Å². The molecule has 100 valence electrons. The Labute approximate surface area is 109 Å². The first kappa shape index (κ1) is 13.3. The van der Waals surface area contributed by atoms with Crippen molar-refractivity contribution in [3.63, 3.8) is 0 Å². The maximum Gasteiger partial charge on any atom is 0.187 e. The van der Waals surface area contributed by atoms with Gasteiger partial charge in [0, 0.05) is 12.2 Å². The second-order valence-corrected chi connectivity index (χ2v) is 4.12. The highest BCUT2D eigenvalue weighted by atomic mass is 19.1. The van der Waals surface area contributed by atoms with Gasteiger partial charge in [-0.05, 0) is 35.4 Å². The molecule has 0 aromatic heterocycles. The summed E-state index contributed by atoms with van der Waals surface area (Å²) in [6, 6.07) is 9.21. The van der Waals surface area contributed by atoms with Gasteiger partial charge in [-0.15, -0.1) is 0 Å². The second-order valence-electron chi connectivity index (χ2n) is 4.12. The summed E-state index contributed by atoms with van der Waals surface area (Å²) in [6.45, 7) is 0.140. The van der Waals surface area contributed by atoms with Crippen LogP contribution in [0.1, 0.15) is 11.1 Å². The SMILES string of the molecule is OCc1cccc(NCc2cc(F)c(O)c(F)c2)c1. The third-order valence-electron chi connectivity index (χ3n) is 2.68. The van der Waals surface area contributed by atoms with Gasteiger partial charge in [-0.2, -0.15) is 0 Å². The first-order chi connectivity index (χ1) is 9.10. The number of benzene rings is 2. The highest BCUT2D eigenvalue weighted by Gasteiger charge is 2.09. The van der Waals surface area contributed by atoms with E-state index in [0.717, 1.165) is 23.4 Å². The lowest BCUT2D eigenvalue weighted by molar-refractivity contribution is 0.282. The predicted molar refractivity (Wildman–Crippen MR) is 67.7 cm³/mol. The van der Waals surface area contributed by atoms with E-state index in [1.165, 1.54) is 0 Å². The summed E-state index contributed by atoms with van der Waals surface area (Å²) in [6.07, 6.45) is 0. The average Bonchev–Trinajstić information content (AvgIpc) is 2.42. The van der Waals surface area contributed by atoms with E-state index >= 15 is 0 Å². The minimum atomic E-state index is -0.985. The average molecular weight is 265 g/mol. The van der Waals surface area contributed by atoms with E-state index < -0.39 is 17.4 Å². The molecule has 2 aromatic carbocycles. The van der Waals surface area contributed by atoms with Crippen LogP contribution in [-0.4, -0.2) is 10.2 Å². The summed E-state index contributed by atoms with van der Waals surface area (Å²) in [7, 11) is 0. The summed E-state index contributed by atoms with van der Waals surface area (Å²) < 4.78 is 26.3. The van der Waals surface area contributed by atoms with Crippen LogP contribution < -0.4 is 5.32 Å². The number of aromatic hydroxyl groups is 1. The van der Waals surface area contributed by atoms with Crippen molar-refractivity contribution in [2.24, 2.45) is 0 Å². The monoisotopic (exact) mass is 265 g/mol. The normalized spacial score (nSPS) is 10.5. The molecule has 5 heteroatoms. The van der Waals surface area contributed by atoms with Gasteiger partial charge in [-0.3, -0.25) is 0 Å². The van der Waals surface area contributed by atoms with Crippen LogP contribution in [0.5, 0.6) is 5.75 Å². The molecule has 0 aliphatic rings. The zero-order valence-corrected chi connectivity index (χ0v) is 10.0. The molecule has 0 atom stereocenters. The van der Waals surface area contributed by atoms with Crippen LogP contribution in [0.2, 0.25) is 0 Å². The Hall–Kier alpha value is -2.14. The number of aliphatic hydroxyl groups excluding tert-OH is 1. The highest BCUT2D eigenvalue weighted by Crippen LogP contribution is 2.22. The largest absolute Gasteiger partial charge is 0.503 e. The molecule has 0 saturated carbocycles. The first-order valence-corrected chi connectivity index (χ1v) is 5.70. The molecule has 3 nitrogen and oxygen atoms in total. The zero-order chi connectivity index (χ0) is 13.8. The van der Waals surface area contributed by atoms with Crippen LogP contribution >= 0.6 is 0 Å². The van der Waals surface area contributed by atoms with Crippen molar-refractivity contribution >= 4 is 5.69 Å². The van der Waals surface area contributed by atoms with Crippen LogP contribution in [0.15, 0.2) is 36.4 Å². The van der Waals surface area contributed by atoms with Gasteiger partial charge in [0.15, 0.2) is 17.4 Å². The maximum absolute atomic E-state index is 13.1. The van der Waals surface area contributed by atoms with Crippen LogP contribution in [-0.2, 0) is 13.2 Å². The van der Waals surface area contributed by atoms with E-state index in [0.29, 0.717) is 5.56 Å². The molecule has 0 aliphatic carbocycles. The van der Waals surface area contributed by atoms with Gasteiger partial charge in [0.2, 0.25) is 0 Å². The lowest BCUT2D eigenvalue weighted by Gasteiger charge is -2.08. The van der Waals surface area contributed by atoms with Gasteiger partial charge in [-0.25, -0.2) is 8.78 Å². The number of phenolic OH excluding ortho intramolecular Hbond substituents is 1. The molecular formula is C14H13F2NO2. The minimum absolute atomic E-state index is 0.0714. The van der Waals surface area contributed by atoms with Gasteiger partial charge in [0.1, 0.15) is 0 Å². The quantitative estimate of drug-likeness (QED) is 0.796. The number of anilines is 1. The summed E-state index contributed by atoms with van der Waals surface area (Å²) in [5, 5.41) is 21.0. The molecule has 2 rings (SSSR count). The van der Waals surface area contributed by atoms with E-state index in [-0.39, 0.29) is 13.2 Å². The van der Waals surface area contributed by atoms with Crippen molar-refractivity contribution in [2.45, 2.75) is 13.2 Å². The molecule has 0 saturated heterocycles. The predicted octanol–water partition coefficient (Wildman–Crippen LogP) is 2.77. The van der Waals surface area contributed by atoms with Crippen LogP contribution in [0.25, 0.3) is 0 Å². The molecule has 0 radical (unpaired) electrons. The molecule has 0 unspecified atom stereocenters. The van der Waals surface area contributed by atoms with Crippen molar-refractivity contribution in [3.05, 3.63) is 59.2 Å². The minimum Gasteiger partial charge on any atom is -0.503 e. The lowest BCUT2D eigenvalue weighted by atomic mass is 10.1.